The number of alkyl carbamates (subject to hydrolysis) is 1. The molecule has 2 fully saturated rings. The van der Waals surface area contributed by atoms with Gasteiger partial charge in [-0.3, -0.25) is 19.7 Å². The molecule has 8 unspecified atom stereocenters. The molecule has 18 heteroatoms. The van der Waals surface area contributed by atoms with Gasteiger partial charge in [0.15, 0.2) is 5.72 Å². The van der Waals surface area contributed by atoms with Gasteiger partial charge in [0.1, 0.15) is 40.7 Å². The molecule has 3 aliphatic heterocycles. The van der Waals surface area contributed by atoms with Gasteiger partial charge < -0.3 is 48.6 Å². The molecule has 58 heavy (non-hydrogen) atoms. The molecule has 3 heterocycles. The maximum absolute atomic E-state index is 14.2. The highest BCUT2D eigenvalue weighted by atomic mass is 35.5. The number of nitrogens with zero attached hydrogens (tertiary/aromatic N) is 2. The van der Waals surface area contributed by atoms with Gasteiger partial charge in [-0.05, 0) is 44.9 Å². The molecule has 4 bridgehead atoms. The molecule has 1 aromatic rings. The van der Waals surface area contributed by atoms with Crippen molar-refractivity contribution in [2.24, 2.45) is 5.92 Å². The monoisotopic (exact) mass is 852 g/mol. The van der Waals surface area contributed by atoms with E-state index in [0.29, 0.717) is 36.8 Å². The van der Waals surface area contributed by atoms with E-state index in [-0.39, 0.29) is 41.9 Å². The van der Waals surface area contributed by atoms with Crippen molar-refractivity contribution in [3.8, 4) is 5.75 Å². The number of carbonyl (C=O) groups excluding carboxylic acids is 5. The van der Waals surface area contributed by atoms with Crippen molar-refractivity contribution in [1.82, 2.24) is 15.5 Å². The Labute approximate surface area is 349 Å². The number of methoxy groups -OCH3 is 3. The summed E-state index contributed by atoms with van der Waals surface area (Å²) < 4.78 is 34.2. The second-order valence-corrected chi connectivity index (χ2v) is 16.5. The standard InChI is InChI=1S/C40H57ClN4O12S/c1-23-11-10-12-30(54-9)40(51)21-29(55-38(50)43-40)24(2)36-39(4,57-36)31(20-34(48)45(6)27-18-26(17-23)19-28(53-8)35(27)41)56-37(49)25(3)44(5)33(47)13-16-58-22-32(46)42-14-15-52-7/h10-12,18-19,24-25,29-31,36,51H,13-17,20-22H2,1-9H3,(H,42,46)(H,43,50)/b12-10+,23-11+. The van der Waals surface area contributed by atoms with E-state index in [1.54, 1.807) is 52.3 Å². The van der Waals surface area contributed by atoms with Crippen LogP contribution < -0.4 is 20.3 Å². The Bertz CT molecular complexity index is 1750. The van der Waals surface area contributed by atoms with Crippen LogP contribution in [0.25, 0.3) is 0 Å². The predicted molar refractivity (Wildman–Crippen MR) is 218 cm³/mol. The molecule has 0 spiro atoms. The lowest BCUT2D eigenvalue weighted by atomic mass is 9.83. The van der Waals surface area contributed by atoms with Crippen LogP contribution in [0, 0.1) is 5.92 Å². The van der Waals surface area contributed by atoms with Crippen LogP contribution in [-0.2, 0) is 49.3 Å². The Hall–Kier alpha value is -3.87. The molecule has 0 saturated carbocycles. The number of ether oxygens (including phenoxy) is 6. The van der Waals surface area contributed by atoms with E-state index < -0.39 is 65.7 Å². The molecule has 16 nitrogen and oxygen atoms in total. The number of rotatable bonds is 13. The zero-order valence-electron chi connectivity index (χ0n) is 34.6. The Morgan fingerprint density at radius 2 is 1.95 bits per heavy atom. The second-order valence-electron chi connectivity index (χ2n) is 15.0. The number of likely N-dealkylation sites (N-methyl/N-ethyl adjacent to an activating group) is 1. The summed E-state index contributed by atoms with van der Waals surface area (Å²) in [4.78, 5) is 68.7. The van der Waals surface area contributed by atoms with Crippen LogP contribution in [0.4, 0.5) is 10.5 Å². The Balaban J connectivity index is 1.62. The predicted octanol–water partition coefficient (Wildman–Crippen LogP) is 3.40. The van der Waals surface area contributed by atoms with E-state index in [1.807, 2.05) is 13.0 Å². The molecule has 2 saturated heterocycles. The van der Waals surface area contributed by atoms with Crippen LogP contribution in [0.5, 0.6) is 5.75 Å². The molecule has 8 atom stereocenters. The fourth-order valence-electron chi connectivity index (χ4n) is 7.06. The number of nitrogens with one attached hydrogen (secondary N) is 2. The lowest BCUT2D eigenvalue weighted by Gasteiger charge is -2.42. The highest BCUT2D eigenvalue weighted by Gasteiger charge is 2.64. The molecule has 3 aliphatic rings. The van der Waals surface area contributed by atoms with Gasteiger partial charge in [0.25, 0.3) is 0 Å². The average molecular weight is 853 g/mol. The van der Waals surface area contributed by atoms with Crippen LogP contribution in [0.3, 0.4) is 0 Å². The SMILES string of the molecule is COCCNC(=O)CSCCC(=O)N(C)C(C)C(=O)OC1CC(=O)N(C)c2cc(cc(OC)c2Cl)C/C(C)=C/C=C/C(OC)C2(O)CC(OC(=O)N2)C(C)C2OC12C. The molecule has 0 radical (unpaired) electrons. The van der Waals surface area contributed by atoms with Crippen LogP contribution in [0.15, 0.2) is 35.9 Å². The molecule has 4 rings (SSSR count). The summed E-state index contributed by atoms with van der Waals surface area (Å²) >= 11 is 8.06. The van der Waals surface area contributed by atoms with Gasteiger partial charge in [-0.1, -0.05) is 42.3 Å². The van der Waals surface area contributed by atoms with Crippen molar-refractivity contribution >= 4 is 58.8 Å². The van der Waals surface area contributed by atoms with Gasteiger partial charge in [-0.2, -0.15) is 11.8 Å². The number of amides is 4. The third-order valence-electron chi connectivity index (χ3n) is 10.8. The summed E-state index contributed by atoms with van der Waals surface area (Å²) in [7, 11) is 7.49. The smallest absolute Gasteiger partial charge is 0.409 e. The maximum Gasteiger partial charge on any atom is 0.409 e. The number of allylic oxidation sites excluding steroid dienone is 3. The quantitative estimate of drug-likeness (QED) is 0.149. The van der Waals surface area contributed by atoms with Crippen LogP contribution in [-0.4, -0.2) is 142 Å². The minimum atomic E-state index is -1.85. The molecular formula is C40H57ClN4O12S. The van der Waals surface area contributed by atoms with E-state index in [1.165, 1.54) is 49.8 Å². The van der Waals surface area contributed by atoms with Gasteiger partial charge in [-0.25, -0.2) is 9.59 Å². The number of esters is 1. The summed E-state index contributed by atoms with van der Waals surface area (Å²) in [6, 6.07) is 2.51. The van der Waals surface area contributed by atoms with Gasteiger partial charge in [0.05, 0.1) is 37.7 Å². The van der Waals surface area contributed by atoms with E-state index in [0.717, 1.165) is 11.1 Å². The summed E-state index contributed by atoms with van der Waals surface area (Å²) in [5, 5.41) is 17.2. The Morgan fingerprint density at radius 1 is 1.22 bits per heavy atom. The van der Waals surface area contributed by atoms with Crippen LogP contribution in [0.2, 0.25) is 5.02 Å². The fourth-order valence-corrected chi connectivity index (χ4v) is 8.13. The Kier molecular flexibility index (Phi) is 16.5. The van der Waals surface area contributed by atoms with Gasteiger partial charge in [0, 0.05) is 59.4 Å². The largest absolute Gasteiger partial charge is 0.495 e. The first-order valence-corrected chi connectivity index (χ1v) is 20.6. The van der Waals surface area contributed by atoms with Gasteiger partial charge in [-0.15, -0.1) is 0 Å². The second kappa shape index (κ2) is 20.4. The number of anilines is 1. The van der Waals surface area contributed by atoms with E-state index in [2.05, 4.69) is 10.6 Å². The number of hydrogen-bond acceptors (Lipinski definition) is 13. The Morgan fingerprint density at radius 3 is 2.62 bits per heavy atom. The number of epoxide rings is 1. The zero-order chi connectivity index (χ0) is 42.9. The topological polar surface area (TPSA) is 195 Å². The lowest BCUT2D eigenvalue weighted by Crippen LogP contribution is -2.63. The van der Waals surface area contributed by atoms with Gasteiger partial charge >= 0.3 is 12.1 Å². The van der Waals surface area contributed by atoms with E-state index >= 15 is 0 Å². The number of benzene rings is 1. The summed E-state index contributed by atoms with van der Waals surface area (Å²) in [5.41, 5.74) is -1.02. The summed E-state index contributed by atoms with van der Waals surface area (Å²) in [6.45, 7) is 7.70. The first-order valence-electron chi connectivity index (χ1n) is 19.1. The average Bonchev–Trinajstić information content (AvgIpc) is 3.88. The number of aliphatic hydroxyl groups is 1. The van der Waals surface area contributed by atoms with E-state index in [9.17, 15) is 29.1 Å². The molecule has 0 aromatic heterocycles. The number of thioether (sulfide) groups is 1. The van der Waals surface area contributed by atoms with Crippen molar-refractivity contribution in [1.29, 1.82) is 0 Å². The highest BCUT2D eigenvalue weighted by molar-refractivity contribution is 7.99. The third-order valence-corrected chi connectivity index (χ3v) is 12.2. The minimum absolute atomic E-state index is 0.0664. The lowest BCUT2D eigenvalue weighted by molar-refractivity contribution is -0.162. The van der Waals surface area contributed by atoms with Crippen LogP contribution >= 0.6 is 23.4 Å². The molecule has 1 aromatic carbocycles. The van der Waals surface area contributed by atoms with Crippen molar-refractivity contribution in [3.05, 3.63) is 46.5 Å². The number of halogens is 1. The van der Waals surface area contributed by atoms with Crippen molar-refractivity contribution in [2.75, 3.05) is 65.0 Å². The highest BCUT2D eigenvalue weighted by Crippen LogP contribution is 2.49. The first-order chi connectivity index (χ1) is 27.4. The normalized spacial score (nSPS) is 29.4. The fraction of sp³-hybridized carbons (Fsp3) is 0.625. The van der Waals surface area contributed by atoms with E-state index in [4.69, 9.17) is 40.0 Å². The first kappa shape index (κ1) is 46.8. The third kappa shape index (κ3) is 11.4. The van der Waals surface area contributed by atoms with Crippen LogP contribution in [0.1, 0.15) is 52.5 Å². The van der Waals surface area contributed by atoms with Gasteiger partial charge in [0.2, 0.25) is 17.7 Å². The summed E-state index contributed by atoms with van der Waals surface area (Å²) in [5.74, 6) is -1.44. The van der Waals surface area contributed by atoms with Crippen molar-refractivity contribution in [2.45, 2.75) is 95.2 Å². The summed E-state index contributed by atoms with van der Waals surface area (Å²) in [6.07, 6.45) is 0.771. The minimum Gasteiger partial charge on any atom is -0.495 e. The number of fused-ring (bicyclic) bond motifs is 5. The zero-order valence-corrected chi connectivity index (χ0v) is 36.2. The molecular weight excluding hydrogens is 796 g/mol. The maximum atomic E-state index is 14.2. The number of hydrogen-bond donors (Lipinski definition) is 3. The molecule has 322 valence electrons. The molecule has 3 N–H and O–H groups in total. The van der Waals surface area contributed by atoms with Crippen molar-refractivity contribution < 1.29 is 57.5 Å². The number of carbonyl (C=O) groups is 5. The molecule has 4 amide bonds. The van der Waals surface area contributed by atoms with Crippen molar-refractivity contribution in [3.63, 3.8) is 0 Å². The molecule has 0 aliphatic carbocycles.